The third-order valence-electron chi connectivity index (χ3n) is 2.34. The van der Waals surface area contributed by atoms with Crippen molar-refractivity contribution in [2.45, 2.75) is 6.42 Å². The zero-order valence-corrected chi connectivity index (χ0v) is 9.80. The summed E-state index contributed by atoms with van der Waals surface area (Å²) in [6.45, 7) is 0.325. The molecular formula is C12H14N2O3. The highest BCUT2D eigenvalue weighted by atomic mass is 16.5. The van der Waals surface area contributed by atoms with Gasteiger partial charge in [-0.3, -0.25) is 4.79 Å². The predicted molar refractivity (Wildman–Crippen MR) is 61.8 cm³/mol. The molecule has 1 amide bonds. The number of methoxy groups -OCH3 is 1. The van der Waals surface area contributed by atoms with Crippen LogP contribution < -0.4 is 4.74 Å². The minimum Gasteiger partial charge on any atom is -0.507 e. The quantitative estimate of drug-likeness (QED) is 0.854. The van der Waals surface area contributed by atoms with Gasteiger partial charge in [-0.05, 0) is 18.2 Å². The van der Waals surface area contributed by atoms with Crippen LogP contribution in [0.3, 0.4) is 0 Å². The van der Waals surface area contributed by atoms with Crippen molar-refractivity contribution in [3.05, 3.63) is 23.8 Å². The SMILES string of the molecule is COc1ccc(O)c(C(=O)N(C)CCC#N)c1. The van der Waals surface area contributed by atoms with Gasteiger partial charge in [0.05, 0.1) is 25.2 Å². The van der Waals surface area contributed by atoms with Crippen LogP contribution in [0.5, 0.6) is 11.5 Å². The van der Waals surface area contributed by atoms with E-state index < -0.39 is 0 Å². The molecule has 0 saturated carbocycles. The van der Waals surface area contributed by atoms with E-state index >= 15 is 0 Å². The van der Waals surface area contributed by atoms with Gasteiger partial charge in [0.1, 0.15) is 11.5 Å². The third-order valence-corrected chi connectivity index (χ3v) is 2.34. The number of aromatic hydroxyl groups is 1. The van der Waals surface area contributed by atoms with Crippen molar-refractivity contribution in [3.63, 3.8) is 0 Å². The van der Waals surface area contributed by atoms with Crippen LogP contribution in [0, 0.1) is 11.3 Å². The van der Waals surface area contributed by atoms with Gasteiger partial charge < -0.3 is 14.7 Å². The summed E-state index contributed by atoms with van der Waals surface area (Å²) in [7, 11) is 3.07. The minimum atomic E-state index is -0.336. The maximum Gasteiger partial charge on any atom is 0.257 e. The molecule has 90 valence electrons. The second kappa shape index (κ2) is 5.75. The number of hydrogen-bond donors (Lipinski definition) is 1. The molecular weight excluding hydrogens is 220 g/mol. The van der Waals surface area contributed by atoms with Crippen molar-refractivity contribution < 1.29 is 14.6 Å². The molecule has 0 unspecified atom stereocenters. The molecule has 0 aliphatic heterocycles. The van der Waals surface area contributed by atoms with E-state index in [0.29, 0.717) is 12.3 Å². The van der Waals surface area contributed by atoms with E-state index in [4.69, 9.17) is 10.00 Å². The number of nitriles is 1. The zero-order valence-electron chi connectivity index (χ0n) is 9.80. The Balaban J connectivity index is 2.91. The Morgan fingerprint density at radius 2 is 2.29 bits per heavy atom. The molecule has 1 aromatic rings. The first-order valence-electron chi connectivity index (χ1n) is 5.09. The standard InChI is InChI=1S/C12H14N2O3/c1-14(7-3-6-13)12(16)10-8-9(17-2)4-5-11(10)15/h4-5,8,15H,3,7H2,1-2H3. The van der Waals surface area contributed by atoms with Gasteiger partial charge in [0.15, 0.2) is 0 Å². The van der Waals surface area contributed by atoms with Crippen molar-refractivity contribution in [1.82, 2.24) is 4.90 Å². The van der Waals surface area contributed by atoms with Crippen molar-refractivity contribution >= 4 is 5.91 Å². The van der Waals surface area contributed by atoms with Gasteiger partial charge in [-0.1, -0.05) is 0 Å². The number of phenols is 1. The molecule has 0 atom stereocenters. The number of hydrogen-bond acceptors (Lipinski definition) is 4. The Labute approximate surface area is 99.8 Å². The fraction of sp³-hybridized carbons (Fsp3) is 0.333. The van der Waals surface area contributed by atoms with E-state index in [1.807, 2.05) is 6.07 Å². The Hall–Kier alpha value is -2.22. The molecule has 0 heterocycles. The van der Waals surface area contributed by atoms with E-state index in [-0.39, 0.29) is 23.6 Å². The van der Waals surface area contributed by atoms with Gasteiger partial charge in [0.25, 0.3) is 5.91 Å². The lowest BCUT2D eigenvalue weighted by Gasteiger charge is -2.16. The lowest BCUT2D eigenvalue weighted by Crippen LogP contribution is -2.27. The Morgan fingerprint density at radius 3 is 2.88 bits per heavy atom. The molecule has 1 N–H and O–H groups in total. The second-order valence-electron chi connectivity index (χ2n) is 3.52. The number of amides is 1. The average Bonchev–Trinajstić information content (AvgIpc) is 2.35. The number of ether oxygens (including phenoxy) is 1. The molecule has 0 aliphatic rings. The van der Waals surface area contributed by atoms with E-state index in [9.17, 15) is 9.90 Å². The molecule has 1 rings (SSSR count). The van der Waals surface area contributed by atoms with Crippen LogP contribution in [0.2, 0.25) is 0 Å². The molecule has 5 nitrogen and oxygen atoms in total. The first-order valence-corrected chi connectivity index (χ1v) is 5.09. The Kier molecular flexibility index (Phi) is 4.35. The summed E-state index contributed by atoms with van der Waals surface area (Å²) in [5.41, 5.74) is 0.171. The summed E-state index contributed by atoms with van der Waals surface area (Å²) < 4.78 is 4.99. The van der Waals surface area contributed by atoms with E-state index in [0.717, 1.165) is 0 Å². The molecule has 0 bridgehead atoms. The highest BCUT2D eigenvalue weighted by Crippen LogP contribution is 2.23. The van der Waals surface area contributed by atoms with Crippen molar-refractivity contribution in [2.75, 3.05) is 20.7 Å². The van der Waals surface area contributed by atoms with Gasteiger partial charge in [0, 0.05) is 13.6 Å². The van der Waals surface area contributed by atoms with Crippen molar-refractivity contribution in [1.29, 1.82) is 5.26 Å². The topological polar surface area (TPSA) is 73.6 Å². The Morgan fingerprint density at radius 1 is 1.59 bits per heavy atom. The van der Waals surface area contributed by atoms with Crippen molar-refractivity contribution in [3.8, 4) is 17.6 Å². The van der Waals surface area contributed by atoms with Crippen LogP contribution in [0.4, 0.5) is 0 Å². The molecule has 0 spiro atoms. The normalized spacial score (nSPS) is 9.47. The van der Waals surface area contributed by atoms with Gasteiger partial charge in [-0.15, -0.1) is 0 Å². The average molecular weight is 234 g/mol. The van der Waals surface area contributed by atoms with Crippen LogP contribution in [-0.4, -0.2) is 36.6 Å². The van der Waals surface area contributed by atoms with Crippen LogP contribution in [0.25, 0.3) is 0 Å². The lowest BCUT2D eigenvalue weighted by atomic mass is 10.1. The lowest BCUT2D eigenvalue weighted by molar-refractivity contribution is 0.0794. The monoisotopic (exact) mass is 234 g/mol. The fourth-order valence-corrected chi connectivity index (χ4v) is 1.34. The number of carbonyl (C=O) groups excluding carboxylic acids is 1. The number of carbonyl (C=O) groups is 1. The summed E-state index contributed by atoms with van der Waals surface area (Å²) in [4.78, 5) is 13.3. The van der Waals surface area contributed by atoms with Gasteiger partial charge in [0.2, 0.25) is 0 Å². The van der Waals surface area contributed by atoms with Crippen LogP contribution in [0.1, 0.15) is 16.8 Å². The first-order chi connectivity index (χ1) is 8.10. The molecule has 0 aromatic heterocycles. The number of phenolic OH excluding ortho intramolecular Hbond substituents is 1. The van der Waals surface area contributed by atoms with E-state index in [1.165, 1.54) is 24.1 Å². The largest absolute Gasteiger partial charge is 0.507 e. The fourth-order valence-electron chi connectivity index (χ4n) is 1.34. The van der Waals surface area contributed by atoms with E-state index in [2.05, 4.69) is 0 Å². The number of rotatable bonds is 4. The summed E-state index contributed by atoms with van der Waals surface area (Å²) in [6, 6.07) is 6.41. The predicted octanol–water partition coefficient (Wildman–Crippen LogP) is 1.39. The maximum absolute atomic E-state index is 11.9. The molecule has 0 fully saturated rings. The molecule has 0 radical (unpaired) electrons. The molecule has 17 heavy (non-hydrogen) atoms. The molecule has 0 saturated heterocycles. The minimum absolute atomic E-state index is 0.0976. The van der Waals surface area contributed by atoms with Crippen LogP contribution in [0.15, 0.2) is 18.2 Å². The van der Waals surface area contributed by atoms with Gasteiger partial charge >= 0.3 is 0 Å². The van der Waals surface area contributed by atoms with Crippen LogP contribution >= 0.6 is 0 Å². The summed E-state index contributed by atoms with van der Waals surface area (Å²) >= 11 is 0. The first kappa shape index (κ1) is 12.8. The summed E-state index contributed by atoms with van der Waals surface area (Å²) in [5, 5.41) is 18.1. The van der Waals surface area contributed by atoms with Gasteiger partial charge in [-0.2, -0.15) is 5.26 Å². The third kappa shape index (κ3) is 3.11. The van der Waals surface area contributed by atoms with Gasteiger partial charge in [-0.25, -0.2) is 0 Å². The van der Waals surface area contributed by atoms with Crippen LogP contribution in [-0.2, 0) is 0 Å². The second-order valence-corrected chi connectivity index (χ2v) is 3.52. The molecule has 0 aliphatic carbocycles. The smallest absolute Gasteiger partial charge is 0.257 e. The Bertz CT molecular complexity index is 452. The molecule has 5 heteroatoms. The highest BCUT2D eigenvalue weighted by molar-refractivity contribution is 5.97. The maximum atomic E-state index is 11.9. The summed E-state index contributed by atoms with van der Waals surface area (Å²) in [5.74, 6) is 0.0658. The number of nitrogens with zero attached hydrogens (tertiary/aromatic N) is 2. The highest BCUT2D eigenvalue weighted by Gasteiger charge is 2.16. The summed E-state index contributed by atoms with van der Waals surface area (Å²) in [6.07, 6.45) is 0.257. The molecule has 1 aromatic carbocycles. The van der Waals surface area contributed by atoms with E-state index in [1.54, 1.807) is 13.1 Å². The zero-order chi connectivity index (χ0) is 12.8. The number of benzene rings is 1. The van der Waals surface area contributed by atoms with Crippen molar-refractivity contribution in [2.24, 2.45) is 0 Å².